The van der Waals surface area contributed by atoms with E-state index < -0.39 is 5.91 Å². The molecule has 0 fully saturated rings. The lowest BCUT2D eigenvalue weighted by Crippen LogP contribution is -2.23. The molecule has 1 aromatic carbocycles. The molecule has 0 atom stereocenters. The van der Waals surface area contributed by atoms with Crippen molar-refractivity contribution < 1.29 is 13.6 Å². The number of carbonyl (C=O) groups is 1. The Labute approximate surface area is 165 Å². The molecule has 0 saturated carbocycles. The SMILES string of the molecule is N#C/C(=C\c1ccc(SCc2ccc(Cl)cc2)o1)C(=O)NCc1ccco1. The molecule has 0 saturated heterocycles. The first-order chi connectivity index (χ1) is 13.1. The van der Waals surface area contributed by atoms with Crippen LogP contribution in [0, 0.1) is 11.3 Å². The predicted molar refractivity (Wildman–Crippen MR) is 104 cm³/mol. The van der Waals surface area contributed by atoms with Gasteiger partial charge in [-0.05, 0) is 42.0 Å². The Morgan fingerprint density at radius 3 is 2.74 bits per heavy atom. The second-order valence-corrected chi connectivity index (χ2v) is 6.92. The molecule has 2 aromatic heterocycles. The number of carbonyl (C=O) groups excluding carboxylic acids is 1. The molecule has 3 rings (SSSR count). The summed E-state index contributed by atoms with van der Waals surface area (Å²) in [5, 5.41) is 13.3. The van der Waals surface area contributed by atoms with E-state index in [4.69, 9.17) is 20.4 Å². The maximum Gasteiger partial charge on any atom is 0.262 e. The highest BCUT2D eigenvalue weighted by molar-refractivity contribution is 7.98. The number of nitrogens with one attached hydrogen (secondary N) is 1. The Kier molecular flexibility index (Phi) is 6.42. The summed E-state index contributed by atoms with van der Waals surface area (Å²) < 4.78 is 10.8. The van der Waals surface area contributed by atoms with E-state index in [2.05, 4.69) is 5.32 Å². The van der Waals surface area contributed by atoms with E-state index in [1.54, 1.807) is 18.2 Å². The molecule has 0 aliphatic heterocycles. The van der Waals surface area contributed by atoms with Gasteiger partial charge in [0.2, 0.25) is 0 Å². The first kappa shape index (κ1) is 18.9. The van der Waals surface area contributed by atoms with Crippen LogP contribution in [0.5, 0.6) is 0 Å². The highest BCUT2D eigenvalue weighted by Crippen LogP contribution is 2.26. The van der Waals surface area contributed by atoms with E-state index in [0.29, 0.717) is 21.6 Å². The lowest BCUT2D eigenvalue weighted by atomic mass is 10.2. The molecule has 0 unspecified atom stereocenters. The lowest BCUT2D eigenvalue weighted by Gasteiger charge is -2.01. The molecule has 0 aliphatic carbocycles. The van der Waals surface area contributed by atoms with Crippen molar-refractivity contribution in [2.75, 3.05) is 0 Å². The summed E-state index contributed by atoms with van der Waals surface area (Å²) in [4.78, 5) is 12.1. The Balaban J connectivity index is 1.59. The van der Waals surface area contributed by atoms with Crippen molar-refractivity contribution in [3.05, 3.63) is 82.5 Å². The molecular formula is C20H15ClN2O3S. The predicted octanol–water partition coefficient (Wildman–Crippen LogP) is 5.04. The number of thioether (sulfide) groups is 1. The molecule has 0 spiro atoms. The summed E-state index contributed by atoms with van der Waals surface area (Å²) in [5.41, 5.74) is 1.08. The number of nitriles is 1. The second kappa shape index (κ2) is 9.17. The zero-order valence-corrected chi connectivity index (χ0v) is 15.7. The number of rotatable bonds is 7. The summed E-state index contributed by atoms with van der Waals surface area (Å²) in [7, 11) is 0. The fraction of sp³-hybridized carbons (Fsp3) is 0.100. The van der Waals surface area contributed by atoms with Crippen LogP contribution in [0.3, 0.4) is 0 Å². The van der Waals surface area contributed by atoms with E-state index in [9.17, 15) is 10.1 Å². The number of halogens is 1. The Bertz CT molecular complexity index is 970. The maximum atomic E-state index is 12.1. The van der Waals surface area contributed by atoms with Crippen molar-refractivity contribution in [3.8, 4) is 6.07 Å². The van der Waals surface area contributed by atoms with Crippen LogP contribution in [0.1, 0.15) is 17.1 Å². The number of furan rings is 2. The topological polar surface area (TPSA) is 79.2 Å². The van der Waals surface area contributed by atoms with Crippen molar-refractivity contribution in [2.24, 2.45) is 0 Å². The van der Waals surface area contributed by atoms with Crippen LogP contribution < -0.4 is 5.32 Å². The van der Waals surface area contributed by atoms with Crippen LogP contribution in [0.4, 0.5) is 0 Å². The highest BCUT2D eigenvalue weighted by atomic mass is 35.5. The average molecular weight is 399 g/mol. The summed E-state index contributed by atoms with van der Waals surface area (Å²) in [6.45, 7) is 0.213. The smallest absolute Gasteiger partial charge is 0.262 e. The summed E-state index contributed by atoms with van der Waals surface area (Å²) in [6, 6.07) is 16.5. The van der Waals surface area contributed by atoms with Gasteiger partial charge in [-0.25, -0.2) is 0 Å². The first-order valence-corrected chi connectivity index (χ1v) is 9.40. The molecule has 5 nitrogen and oxygen atoms in total. The van der Waals surface area contributed by atoms with E-state index in [1.807, 2.05) is 36.4 Å². The number of hydrogen-bond donors (Lipinski definition) is 1. The van der Waals surface area contributed by atoms with Crippen LogP contribution in [-0.2, 0) is 17.1 Å². The van der Waals surface area contributed by atoms with Gasteiger partial charge in [-0.1, -0.05) is 35.5 Å². The van der Waals surface area contributed by atoms with Gasteiger partial charge in [0.05, 0.1) is 12.8 Å². The summed E-state index contributed by atoms with van der Waals surface area (Å²) in [5.74, 6) is 1.29. The number of nitrogens with zero attached hydrogens (tertiary/aromatic N) is 1. The zero-order valence-electron chi connectivity index (χ0n) is 14.1. The third-order valence-electron chi connectivity index (χ3n) is 3.55. The summed E-state index contributed by atoms with van der Waals surface area (Å²) in [6.07, 6.45) is 2.94. The van der Waals surface area contributed by atoms with Crippen molar-refractivity contribution in [1.29, 1.82) is 5.26 Å². The van der Waals surface area contributed by atoms with E-state index in [-0.39, 0.29) is 12.1 Å². The molecule has 0 bridgehead atoms. The van der Waals surface area contributed by atoms with Gasteiger partial charge >= 0.3 is 0 Å². The standard InChI is InChI=1S/C20H15ClN2O3S/c21-16-5-3-14(4-6-16)13-27-19-8-7-17(26-19)10-15(11-22)20(24)23-12-18-2-1-9-25-18/h1-10H,12-13H2,(H,23,24)/b15-10+. The largest absolute Gasteiger partial charge is 0.467 e. The van der Waals surface area contributed by atoms with Crippen molar-refractivity contribution in [1.82, 2.24) is 5.32 Å². The normalized spacial score (nSPS) is 11.2. The van der Waals surface area contributed by atoms with Gasteiger partial charge in [-0.15, -0.1) is 0 Å². The third kappa shape index (κ3) is 5.55. The molecule has 136 valence electrons. The van der Waals surface area contributed by atoms with Crippen molar-refractivity contribution in [3.63, 3.8) is 0 Å². The molecule has 1 amide bonds. The van der Waals surface area contributed by atoms with E-state index >= 15 is 0 Å². The molecule has 0 aliphatic rings. The van der Waals surface area contributed by atoms with Gasteiger partial charge in [-0.3, -0.25) is 4.79 Å². The van der Waals surface area contributed by atoms with Gasteiger partial charge in [-0.2, -0.15) is 5.26 Å². The molecule has 2 heterocycles. The molecule has 0 radical (unpaired) electrons. The average Bonchev–Trinajstić information content (AvgIpc) is 3.35. The summed E-state index contributed by atoms with van der Waals surface area (Å²) >= 11 is 7.39. The minimum absolute atomic E-state index is 0.0369. The number of benzene rings is 1. The fourth-order valence-electron chi connectivity index (χ4n) is 2.19. The third-order valence-corrected chi connectivity index (χ3v) is 4.79. The molecule has 27 heavy (non-hydrogen) atoms. The van der Waals surface area contributed by atoms with Gasteiger partial charge in [0.15, 0.2) is 5.09 Å². The van der Waals surface area contributed by atoms with Crippen LogP contribution in [0.2, 0.25) is 5.02 Å². The molecule has 3 aromatic rings. The van der Waals surface area contributed by atoms with Crippen LogP contribution >= 0.6 is 23.4 Å². The Morgan fingerprint density at radius 2 is 2.04 bits per heavy atom. The van der Waals surface area contributed by atoms with Gasteiger partial charge < -0.3 is 14.2 Å². The van der Waals surface area contributed by atoms with Crippen LogP contribution in [0.15, 0.2) is 74.3 Å². The number of hydrogen-bond acceptors (Lipinski definition) is 5. The molecule has 7 heteroatoms. The van der Waals surface area contributed by atoms with Gasteiger partial charge in [0.1, 0.15) is 23.2 Å². The lowest BCUT2D eigenvalue weighted by molar-refractivity contribution is -0.117. The Hall–Kier alpha value is -2.88. The fourth-order valence-corrected chi connectivity index (χ4v) is 3.14. The monoisotopic (exact) mass is 398 g/mol. The van der Waals surface area contributed by atoms with Crippen molar-refractivity contribution >= 4 is 35.3 Å². The number of amides is 1. The first-order valence-electron chi connectivity index (χ1n) is 8.03. The quantitative estimate of drug-likeness (QED) is 0.342. The maximum absolute atomic E-state index is 12.1. The van der Waals surface area contributed by atoms with E-state index in [1.165, 1.54) is 24.1 Å². The zero-order chi connectivity index (χ0) is 19.1. The van der Waals surface area contributed by atoms with E-state index in [0.717, 1.165) is 11.3 Å². The minimum atomic E-state index is -0.485. The Morgan fingerprint density at radius 1 is 1.22 bits per heavy atom. The second-order valence-electron chi connectivity index (χ2n) is 5.50. The van der Waals surface area contributed by atoms with Crippen molar-refractivity contribution in [2.45, 2.75) is 17.4 Å². The van der Waals surface area contributed by atoms with Gasteiger partial charge in [0.25, 0.3) is 5.91 Å². The van der Waals surface area contributed by atoms with Crippen LogP contribution in [-0.4, -0.2) is 5.91 Å². The minimum Gasteiger partial charge on any atom is -0.467 e. The van der Waals surface area contributed by atoms with Gasteiger partial charge in [0, 0.05) is 16.9 Å². The van der Waals surface area contributed by atoms with Crippen LogP contribution in [0.25, 0.3) is 6.08 Å². The molecule has 1 N–H and O–H groups in total. The highest BCUT2D eigenvalue weighted by Gasteiger charge is 2.11. The molecular weight excluding hydrogens is 384 g/mol.